The Morgan fingerprint density at radius 3 is 2.75 bits per heavy atom. The molecule has 0 spiro atoms. The van der Waals surface area contributed by atoms with Crippen LogP contribution in [0.4, 0.5) is 0 Å². The van der Waals surface area contributed by atoms with Gasteiger partial charge in [-0.3, -0.25) is 4.79 Å². The lowest BCUT2D eigenvalue weighted by Gasteiger charge is -2.24. The first-order valence-electron chi connectivity index (χ1n) is 9.08. The second-order valence-corrected chi connectivity index (χ2v) is 6.60. The molecule has 1 aliphatic carbocycles. The number of nitrogens with zero attached hydrogens (tertiary/aromatic N) is 4. The van der Waals surface area contributed by atoms with Gasteiger partial charge in [0.05, 0.1) is 6.54 Å². The van der Waals surface area contributed by atoms with Crippen LogP contribution in [0.15, 0.2) is 30.9 Å². The topological polar surface area (TPSA) is 64.7 Å². The zero-order chi connectivity index (χ0) is 16.8. The lowest BCUT2D eigenvalue weighted by Crippen LogP contribution is -2.33. The van der Waals surface area contributed by atoms with E-state index in [9.17, 15) is 4.79 Å². The molecule has 3 rings (SSSR count). The molecular formula is C18H27N5O. The highest BCUT2D eigenvalue weighted by Gasteiger charge is 2.21. The zero-order valence-corrected chi connectivity index (χ0v) is 14.4. The number of rotatable bonds is 7. The van der Waals surface area contributed by atoms with E-state index in [1.165, 1.54) is 32.1 Å². The van der Waals surface area contributed by atoms with Gasteiger partial charge in [-0.25, -0.2) is 0 Å². The standard InChI is InChI=1S/C18H27N5O/c1-2-8-16(22-11-6-7-12-22)18(24)19-13-17-21-20-14-23(17)15-9-4-3-5-10-15/h6-7,11-12,14-16H,2-5,8-10,13H2,1H3,(H,19,24)/t16-/m0/s1. The van der Waals surface area contributed by atoms with Crippen molar-refractivity contribution in [1.29, 1.82) is 0 Å². The van der Waals surface area contributed by atoms with Gasteiger partial charge < -0.3 is 14.5 Å². The number of hydrogen-bond donors (Lipinski definition) is 1. The first-order chi connectivity index (χ1) is 11.8. The van der Waals surface area contributed by atoms with Crippen molar-refractivity contribution in [2.75, 3.05) is 0 Å². The van der Waals surface area contributed by atoms with Gasteiger partial charge in [0.1, 0.15) is 12.4 Å². The molecular weight excluding hydrogens is 302 g/mol. The molecule has 6 heteroatoms. The van der Waals surface area contributed by atoms with Crippen LogP contribution in [-0.2, 0) is 11.3 Å². The van der Waals surface area contributed by atoms with Gasteiger partial charge in [-0.05, 0) is 31.4 Å². The monoisotopic (exact) mass is 329 g/mol. The van der Waals surface area contributed by atoms with E-state index in [1.807, 2.05) is 35.4 Å². The molecule has 0 aliphatic heterocycles. The molecule has 0 bridgehead atoms. The first kappa shape index (κ1) is 16.7. The minimum absolute atomic E-state index is 0.0474. The molecule has 2 aromatic heterocycles. The Bertz CT molecular complexity index is 628. The largest absolute Gasteiger partial charge is 0.347 e. The quantitative estimate of drug-likeness (QED) is 0.848. The fourth-order valence-corrected chi connectivity index (χ4v) is 3.59. The number of hydrogen-bond acceptors (Lipinski definition) is 3. The van der Waals surface area contributed by atoms with E-state index in [-0.39, 0.29) is 11.9 Å². The average molecular weight is 329 g/mol. The number of nitrogens with one attached hydrogen (secondary N) is 1. The molecule has 1 saturated carbocycles. The Hall–Kier alpha value is -2.11. The molecule has 2 heterocycles. The maximum Gasteiger partial charge on any atom is 0.243 e. The number of aromatic nitrogens is 4. The smallest absolute Gasteiger partial charge is 0.243 e. The van der Waals surface area contributed by atoms with Gasteiger partial charge in [-0.15, -0.1) is 10.2 Å². The molecule has 2 aromatic rings. The highest BCUT2D eigenvalue weighted by atomic mass is 16.2. The number of carbonyl (C=O) groups excluding carboxylic acids is 1. The fraction of sp³-hybridized carbons (Fsp3) is 0.611. The molecule has 1 N–H and O–H groups in total. The molecule has 1 fully saturated rings. The highest BCUT2D eigenvalue weighted by molar-refractivity contribution is 5.80. The number of amides is 1. The minimum Gasteiger partial charge on any atom is -0.347 e. The van der Waals surface area contributed by atoms with Crippen LogP contribution >= 0.6 is 0 Å². The Morgan fingerprint density at radius 1 is 1.29 bits per heavy atom. The van der Waals surface area contributed by atoms with E-state index < -0.39 is 0 Å². The third-order valence-electron chi connectivity index (χ3n) is 4.89. The minimum atomic E-state index is -0.156. The summed E-state index contributed by atoms with van der Waals surface area (Å²) in [5, 5.41) is 11.3. The van der Waals surface area contributed by atoms with Gasteiger partial charge in [-0.1, -0.05) is 32.6 Å². The molecule has 0 saturated heterocycles. The summed E-state index contributed by atoms with van der Waals surface area (Å²) in [5.74, 6) is 0.907. The van der Waals surface area contributed by atoms with Crippen molar-refractivity contribution in [2.45, 2.75) is 70.5 Å². The first-order valence-corrected chi connectivity index (χ1v) is 9.08. The predicted molar refractivity (Wildman–Crippen MR) is 92.4 cm³/mol. The van der Waals surface area contributed by atoms with E-state index >= 15 is 0 Å². The molecule has 1 atom stereocenters. The second kappa shape index (κ2) is 8.13. The van der Waals surface area contributed by atoms with E-state index in [0.29, 0.717) is 12.6 Å². The van der Waals surface area contributed by atoms with E-state index in [2.05, 4.69) is 27.0 Å². The van der Waals surface area contributed by atoms with Crippen LogP contribution < -0.4 is 5.32 Å². The molecule has 130 valence electrons. The van der Waals surface area contributed by atoms with Crippen LogP contribution in [-0.4, -0.2) is 25.2 Å². The molecule has 6 nitrogen and oxygen atoms in total. The van der Waals surface area contributed by atoms with Gasteiger partial charge in [0.25, 0.3) is 0 Å². The van der Waals surface area contributed by atoms with Crippen molar-refractivity contribution >= 4 is 5.91 Å². The van der Waals surface area contributed by atoms with Crippen molar-refractivity contribution in [3.63, 3.8) is 0 Å². The van der Waals surface area contributed by atoms with Crippen LogP contribution in [0.2, 0.25) is 0 Å². The number of carbonyl (C=O) groups is 1. The van der Waals surface area contributed by atoms with Gasteiger partial charge in [0, 0.05) is 18.4 Å². The van der Waals surface area contributed by atoms with Crippen molar-refractivity contribution in [2.24, 2.45) is 0 Å². The third kappa shape index (κ3) is 3.86. The molecule has 1 aliphatic rings. The fourth-order valence-electron chi connectivity index (χ4n) is 3.59. The van der Waals surface area contributed by atoms with Crippen molar-refractivity contribution < 1.29 is 4.79 Å². The Labute approximate surface area is 143 Å². The van der Waals surface area contributed by atoms with Crippen LogP contribution in [0.1, 0.15) is 69.8 Å². The Morgan fingerprint density at radius 2 is 2.04 bits per heavy atom. The summed E-state index contributed by atoms with van der Waals surface area (Å²) in [6.07, 6.45) is 13.7. The van der Waals surface area contributed by atoms with E-state index in [4.69, 9.17) is 0 Å². The molecule has 0 radical (unpaired) electrons. The van der Waals surface area contributed by atoms with Crippen LogP contribution in [0, 0.1) is 0 Å². The van der Waals surface area contributed by atoms with Crippen molar-refractivity contribution in [3.05, 3.63) is 36.7 Å². The SMILES string of the molecule is CCC[C@@H](C(=O)NCc1nncn1C1CCCCC1)n1cccc1. The maximum atomic E-state index is 12.6. The van der Waals surface area contributed by atoms with Gasteiger partial charge in [-0.2, -0.15) is 0 Å². The highest BCUT2D eigenvalue weighted by Crippen LogP contribution is 2.28. The average Bonchev–Trinajstić information content (AvgIpc) is 3.30. The summed E-state index contributed by atoms with van der Waals surface area (Å²) in [6.45, 7) is 2.54. The van der Waals surface area contributed by atoms with Crippen molar-refractivity contribution in [1.82, 2.24) is 24.6 Å². The van der Waals surface area contributed by atoms with Crippen LogP contribution in [0.3, 0.4) is 0 Å². The second-order valence-electron chi connectivity index (χ2n) is 6.60. The lowest BCUT2D eigenvalue weighted by molar-refractivity contribution is -0.124. The molecule has 1 amide bonds. The summed E-state index contributed by atoms with van der Waals surface area (Å²) < 4.78 is 4.13. The van der Waals surface area contributed by atoms with Crippen molar-refractivity contribution in [3.8, 4) is 0 Å². The summed E-state index contributed by atoms with van der Waals surface area (Å²) in [7, 11) is 0. The van der Waals surface area contributed by atoms with Gasteiger partial charge in [0.15, 0.2) is 5.82 Å². The Balaban J connectivity index is 1.62. The van der Waals surface area contributed by atoms with Gasteiger partial charge >= 0.3 is 0 Å². The normalized spacial score (nSPS) is 16.9. The lowest BCUT2D eigenvalue weighted by atomic mass is 9.95. The third-order valence-corrected chi connectivity index (χ3v) is 4.89. The summed E-state index contributed by atoms with van der Waals surface area (Å²) >= 11 is 0. The summed E-state index contributed by atoms with van der Waals surface area (Å²) in [4.78, 5) is 12.6. The van der Waals surface area contributed by atoms with Crippen LogP contribution in [0.25, 0.3) is 0 Å². The molecule has 24 heavy (non-hydrogen) atoms. The summed E-state index contributed by atoms with van der Waals surface area (Å²) in [6, 6.07) is 4.23. The molecule has 0 unspecified atom stereocenters. The summed E-state index contributed by atoms with van der Waals surface area (Å²) in [5.41, 5.74) is 0. The molecule has 0 aromatic carbocycles. The Kier molecular flexibility index (Phi) is 5.67. The maximum absolute atomic E-state index is 12.6. The predicted octanol–water partition coefficient (Wildman–Crippen LogP) is 3.24. The van der Waals surface area contributed by atoms with Gasteiger partial charge in [0.2, 0.25) is 5.91 Å². The zero-order valence-electron chi connectivity index (χ0n) is 14.4. The van der Waals surface area contributed by atoms with Crippen LogP contribution in [0.5, 0.6) is 0 Å². The van der Waals surface area contributed by atoms with E-state index in [0.717, 1.165) is 18.7 Å². The van der Waals surface area contributed by atoms with E-state index in [1.54, 1.807) is 0 Å².